The van der Waals surface area contributed by atoms with E-state index in [1.807, 2.05) is 115 Å². The summed E-state index contributed by atoms with van der Waals surface area (Å²) in [6.45, 7) is 0. The van der Waals surface area contributed by atoms with Gasteiger partial charge in [-0.2, -0.15) is 21.0 Å². The van der Waals surface area contributed by atoms with E-state index in [-0.39, 0.29) is 12.8 Å². The summed E-state index contributed by atoms with van der Waals surface area (Å²) in [4.78, 5) is 0. The van der Waals surface area contributed by atoms with Crippen LogP contribution in [0.1, 0.15) is 50.1 Å². The molecule has 0 heterocycles. The molecule has 4 nitrogen and oxygen atoms in total. The van der Waals surface area contributed by atoms with Gasteiger partial charge in [-0.1, -0.05) is 104 Å². The van der Waals surface area contributed by atoms with E-state index in [4.69, 9.17) is 16.9 Å². The van der Waals surface area contributed by atoms with Gasteiger partial charge in [0.1, 0.15) is 0 Å². The van der Waals surface area contributed by atoms with Gasteiger partial charge in [-0.3, -0.25) is 0 Å². The van der Waals surface area contributed by atoms with Crippen molar-refractivity contribution in [2.24, 2.45) is 0 Å². The van der Waals surface area contributed by atoms with Crippen LogP contribution in [0.5, 0.6) is 0 Å². The number of hydrogen-bond donors (Lipinski definition) is 0. The van der Waals surface area contributed by atoms with Gasteiger partial charge < -0.3 is 0 Å². The fraction of sp³-hybridized carbons (Fsp3) is 0.0909. The third-order valence-corrected chi connectivity index (χ3v) is 8.25. The number of benzene rings is 5. The molecule has 6 heteroatoms. The molecule has 0 atom stereocenters. The Morgan fingerprint density at radius 1 is 0.420 bits per heavy atom. The van der Waals surface area contributed by atoms with Crippen molar-refractivity contribution in [3.05, 3.63) is 181 Å². The predicted molar refractivity (Wildman–Crippen MR) is 203 cm³/mol. The van der Waals surface area contributed by atoms with Crippen LogP contribution >= 0.6 is 31.9 Å². The maximum absolute atomic E-state index is 9.18. The van der Waals surface area contributed by atoms with Crippen molar-refractivity contribution in [1.82, 2.24) is 0 Å². The van der Waals surface area contributed by atoms with Gasteiger partial charge in [0.05, 0.1) is 50.0 Å². The van der Waals surface area contributed by atoms with Crippen LogP contribution in [-0.2, 0) is 25.7 Å². The van der Waals surface area contributed by atoms with Gasteiger partial charge in [-0.05, 0) is 58.7 Å². The van der Waals surface area contributed by atoms with E-state index in [9.17, 15) is 10.5 Å². The van der Waals surface area contributed by atoms with E-state index in [0.29, 0.717) is 12.8 Å². The van der Waals surface area contributed by atoms with Gasteiger partial charge in [-0.25, -0.2) is 0 Å². The van der Waals surface area contributed by atoms with Gasteiger partial charge in [0, 0.05) is 31.2 Å². The normalized spacial score (nSPS) is 8.96. The molecule has 0 amide bonds. The number of halogens is 2. The Kier molecular flexibility index (Phi) is 16.7. The molecule has 236 valence electrons. The second-order valence-electron chi connectivity index (χ2n) is 10.3. The molecule has 0 aliphatic carbocycles. The summed E-state index contributed by atoms with van der Waals surface area (Å²) < 4.78 is 1.79. The maximum atomic E-state index is 9.18. The van der Waals surface area contributed by atoms with Gasteiger partial charge >= 0.3 is 48.2 Å². The molecule has 0 aromatic heterocycles. The molecule has 0 aliphatic rings. The van der Waals surface area contributed by atoms with Crippen molar-refractivity contribution in [1.29, 1.82) is 21.0 Å². The quantitative estimate of drug-likeness (QED) is 0.134. The molecule has 0 aliphatic heterocycles. The van der Waals surface area contributed by atoms with Crippen LogP contribution in [0.25, 0.3) is 0 Å². The fourth-order valence-electron chi connectivity index (χ4n) is 4.32. The molecule has 5 aromatic rings. The van der Waals surface area contributed by atoms with Crippen molar-refractivity contribution in [2.75, 3.05) is 0 Å². The Morgan fingerprint density at radius 3 is 1.10 bits per heavy atom. The van der Waals surface area contributed by atoms with Crippen LogP contribution in [0.2, 0.25) is 0 Å². The van der Waals surface area contributed by atoms with Crippen LogP contribution in [0.15, 0.2) is 124 Å². The van der Waals surface area contributed by atoms with E-state index in [2.05, 4.69) is 85.7 Å². The summed E-state index contributed by atoms with van der Waals surface area (Å²) in [6, 6.07) is 44.8. The van der Waals surface area contributed by atoms with Crippen LogP contribution in [0.4, 0.5) is 0 Å². The van der Waals surface area contributed by atoms with Crippen molar-refractivity contribution in [2.45, 2.75) is 25.7 Å². The Bertz CT molecular complexity index is 2110. The Hall–Kier alpha value is -6.08. The SMILES string of the molecule is N#CCc1cc(CC#N)c(Br)cc1Br.N#CCc1cc(CC#N)c(C#Cc2ccccc2)cc1C#Cc1ccccc1.[C+]#Cc1ccccc1. The summed E-state index contributed by atoms with van der Waals surface area (Å²) in [6.07, 6.45) is 7.88. The van der Waals surface area contributed by atoms with Crippen molar-refractivity contribution in [3.63, 3.8) is 0 Å². The van der Waals surface area contributed by atoms with E-state index in [1.54, 1.807) is 0 Å². The first kappa shape index (κ1) is 38.4. The first-order valence-electron chi connectivity index (χ1n) is 15.1. The molecule has 0 saturated heterocycles. The first-order chi connectivity index (χ1) is 24.4. The Labute approximate surface area is 311 Å². The summed E-state index contributed by atoms with van der Waals surface area (Å²) in [7, 11) is 0. The second-order valence-corrected chi connectivity index (χ2v) is 12.0. The van der Waals surface area contributed by atoms with Crippen LogP contribution < -0.4 is 0 Å². The molecule has 0 N–H and O–H groups in total. The van der Waals surface area contributed by atoms with Crippen molar-refractivity contribution < 1.29 is 0 Å². The Balaban J connectivity index is 0.000000253. The van der Waals surface area contributed by atoms with Gasteiger partial charge in [0.15, 0.2) is 0 Å². The zero-order chi connectivity index (χ0) is 36.0. The monoisotopic (exact) mass is 769 g/mol. The fourth-order valence-corrected chi connectivity index (χ4v) is 5.60. The van der Waals surface area contributed by atoms with E-state index >= 15 is 0 Å². The van der Waals surface area contributed by atoms with Gasteiger partial charge in [0.2, 0.25) is 0 Å². The van der Waals surface area contributed by atoms with Crippen molar-refractivity contribution in [3.8, 4) is 53.9 Å². The topological polar surface area (TPSA) is 95.2 Å². The summed E-state index contributed by atoms with van der Waals surface area (Å²) >= 11 is 6.74. The van der Waals surface area contributed by atoms with Crippen LogP contribution in [-0.4, -0.2) is 0 Å². The molecule has 5 rings (SSSR count). The molecule has 0 radical (unpaired) electrons. The minimum atomic E-state index is 0.240. The van der Waals surface area contributed by atoms with Crippen LogP contribution in [0, 0.1) is 81.3 Å². The summed E-state index contributed by atoms with van der Waals surface area (Å²) in [5, 5.41) is 35.5. The Morgan fingerprint density at radius 2 is 0.760 bits per heavy atom. The minimum absolute atomic E-state index is 0.240. The first-order valence-corrected chi connectivity index (χ1v) is 16.7. The van der Waals surface area contributed by atoms with Crippen molar-refractivity contribution >= 4 is 31.9 Å². The zero-order valence-electron chi connectivity index (χ0n) is 26.8. The number of rotatable bonds is 4. The summed E-state index contributed by atoms with van der Waals surface area (Å²) in [5.74, 6) is 14.9. The molecular formula is C44H27Br2N4+. The molecule has 0 bridgehead atoms. The molecule has 0 spiro atoms. The third-order valence-electron chi connectivity index (χ3n) is 6.77. The second kappa shape index (κ2) is 21.7. The van der Waals surface area contributed by atoms with Crippen LogP contribution in [0.3, 0.4) is 0 Å². The molecule has 0 unspecified atom stereocenters. The zero-order valence-corrected chi connectivity index (χ0v) is 30.0. The molecule has 50 heavy (non-hydrogen) atoms. The van der Waals surface area contributed by atoms with Gasteiger partial charge in [0.25, 0.3) is 0 Å². The molecular weight excluding hydrogens is 744 g/mol. The molecule has 0 saturated carbocycles. The van der Waals surface area contributed by atoms with E-state index in [0.717, 1.165) is 59.0 Å². The average Bonchev–Trinajstić information content (AvgIpc) is 3.15. The standard InChI is InChI=1S/C26H16N2.C10H6Br2N2.C8H5/c27-17-15-25-20-26(16-18-28)24(14-12-22-9-5-2-6-10-22)19-23(25)13-11-21-7-3-1-4-8-21;11-9-6-10(12)8(2-4-14)5-7(9)1-3-13;1-2-8-6-4-3-5-7-8/h1-10,19-20H,15-16H2;5-6H,1-2H2;3-7H/q;;+1. The average molecular weight is 772 g/mol. The molecule has 5 aromatic carbocycles. The molecule has 0 fully saturated rings. The van der Waals surface area contributed by atoms with Gasteiger partial charge in [-0.15, -0.1) is 0 Å². The number of nitrogens with zero attached hydrogens (tertiary/aromatic N) is 4. The number of nitriles is 4. The third kappa shape index (κ3) is 12.8. The van der Waals surface area contributed by atoms with E-state index < -0.39 is 0 Å². The van der Waals surface area contributed by atoms with E-state index in [1.165, 1.54) is 0 Å². The number of hydrogen-bond acceptors (Lipinski definition) is 4. The summed E-state index contributed by atoms with van der Waals surface area (Å²) in [5.41, 5.74) is 7.65. The predicted octanol–water partition coefficient (Wildman–Crippen LogP) is 9.59.